The summed E-state index contributed by atoms with van der Waals surface area (Å²) in [6, 6.07) is 21.1. The first-order valence-corrected chi connectivity index (χ1v) is 9.67. The number of nitrogens with one attached hydrogen (secondary N) is 1. The van der Waals surface area contributed by atoms with Crippen LogP contribution in [0.4, 0.5) is 11.4 Å². The first-order valence-electron chi connectivity index (χ1n) is 9.67. The van der Waals surface area contributed by atoms with Crippen LogP contribution in [-0.2, 0) is 0 Å². The van der Waals surface area contributed by atoms with Crippen molar-refractivity contribution in [2.75, 3.05) is 25.7 Å². The van der Waals surface area contributed by atoms with Gasteiger partial charge in [0.05, 0.1) is 37.1 Å². The molecule has 0 radical (unpaired) electrons. The fourth-order valence-electron chi connectivity index (χ4n) is 2.65. The number of hydrazone groups is 1. The van der Waals surface area contributed by atoms with Crippen LogP contribution < -0.4 is 19.6 Å². The molecule has 160 valence electrons. The number of anilines is 1. The Morgan fingerprint density at radius 2 is 1.58 bits per heavy atom. The van der Waals surface area contributed by atoms with Gasteiger partial charge in [0, 0.05) is 24.6 Å². The maximum Gasteiger partial charge on any atom is 0.269 e. The second kappa shape index (κ2) is 11.2. The lowest BCUT2D eigenvalue weighted by atomic mass is 10.2. The van der Waals surface area contributed by atoms with Gasteiger partial charge in [0.1, 0.15) is 17.2 Å². The van der Waals surface area contributed by atoms with Gasteiger partial charge in [-0.1, -0.05) is 18.2 Å². The van der Waals surface area contributed by atoms with Crippen LogP contribution in [0.1, 0.15) is 12.0 Å². The summed E-state index contributed by atoms with van der Waals surface area (Å²) in [5.41, 5.74) is 4.40. The van der Waals surface area contributed by atoms with Crippen molar-refractivity contribution in [3.63, 3.8) is 0 Å². The number of rotatable bonds is 11. The van der Waals surface area contributed by atoms with Crippen LogP contribution in [0.3, 0.4) is 0 Å². The van der Waals surface area contributed by atoms with Crippen LogP contribution >= 0.6 is 0 Å². The lowest BCUT2D eigenvalue weighted by molar-refractivity contribution is -0.384. The van der Waals surface area contributed by atoms with Gasteiger partial charge in [-0.3, -0.25) is 15.5 Å². The van der Waals surface area contributed by atoms with Gasteiger partial charge in [0.25, 0.3) is 5.69 Å². The van der Waals surface area contributed by atoms with Gasteiger partial charge in [-0.05, 0) is 42.0 Å². The smallest absolute Gasteiger partial charge is 0.269 e. The average molecular weight is 421 g/mol. The van der Waals surface area contributed by atoms with Crippen LogP contribution in [0.2, 0.25) is 0 Å². The van der Waals surface area contributed by atoms with Gasteiger partial charge in [-0.15, -0.1) is 0 Å². The molecule has 3 aromatic rings. The highest BCUT2D eigenvalue weighted by Crippen LogP contribution is 2.19. The monoisotopic (exact) mass is 421 g/mol. The molecule has 0 saturated carbocycles. The Morgan fingerprint density at radius 3 is 2.26 bits per heavy atom. The zero-order valence-corrected chi connectivity index (χ0v) is 17.1. The Balaban J connectivity index is 1.42. The Kier molecular flexibility index (Phi) is 7.82. The van der Waals surface area contributed by atoms with Gasteiger partial charge >= 0.3 is 0 Å². The minimum Gasteiger partial charge on any atom is -0.497 e. The average Bonchev–Trinajstić information content (AvgIpc) is 2.79. The maximum absolute atomic E-state index is 10.7. The first-order chi connectivity index (χ1) is 15.1. The van der Waals surface area contributed by atoms with E-state index in [1.807, 2.05) is 48.5 Å². The second-order valence-electron chi connectivity index (χ2n) is 6.48. The van der Waals surface area contributed by atoms with E-state index in [-0.39, 0.29) is 5.69 Å². The van der Waals surface area contributed by atoms with Crippen LogP contribution in [0.5, 0.6) is 17.2 Å². The Labute approximate surface area is 180 Å². The summed E-state index contributed by atoms with van der Waals surface area (Å²) in [5.74, 6) is 2.26. The fraction of sp³-hybridized carbons (Fsp3) is 0.174. The molecule has 8 heteroatoms. The Morgan fingerprint density at radius 1 is 0.935 bits per heavy atom. The van der Waals surface area contributed by atoms with E-state index >= 15 is 0 Å². The SMILES string of the molecule is COc1cccc(OCCCOc2cccc(C=NNc3ccc([N+](=O)[O-])cc3)c2)c1. The lowest BCUT2D eigenvalue weighted by Gasteiger charge is -2.09. The van der Waals surface area contributed by atoms with E-state index in [1.54, 1.807) is 25.5 Å². The van der Waals surface area contributed by atoms with Crippen molar-refractivity contribution in [1.29, 1.82) is 0 Å². The Bertz CT molecular complexity index is 1020. The van der Waals surface area contributed by atoms with Crippen LogP contribution in [0.25, 0.3) is 0 Å². The molecule has 31 heavy (non-hydrogen) atoms. The number of hydrogen-bond donors (Lipinski definition) is 1. The number of benzene rings is 3. The minimum atomic E-state index is -0.441. The summed E-state index contributed by atoms with van der Waals surface area (Å²) in [6.07, 6.45) is 2.39. The molecule has 0 amide bonds. The number of non-ortho nitro benzene ring substituents is 1. The predicted molar refractivity (Wildman–Crippen MR) is 119 cm³/mol. The topological polar surface area (TPSA) is 95.2 Å². The van der Waals surface area contributed by atoms with Gasteiger partial charge in [-0.25, -0.2) is 0 Å². The van der Waals surface area contributed by atoms with E-state index in [0.717, 1.165) is 29.2 Å². The molecule has 0 aliphatic carbocycles. The molecule has 0 bridgehead atoms. The number of hydrogen-bond acceptors (Lipinski definition) is 7. The van der Waals surface area contributed by atoms with E-state index in [2.05, 4.69) is 10.5 Å². The quantitative estimate of drug-likeness (QED) is 0.205. The first kappa shape index (κ1) is 21.6. The molecule has 0 unspecified atom stereocenters. The molecule has 3 aromatic carbocycles. The van der Waals surface area contributed by atoms with Crippen molar-refractivity contribution >= 4 is 17.6 Å². The third kappa shape index (κ3) is 7.04. The van der Waals surface area contributed by atoms with Crippen LogP contribution in [0, 0.1) is 10.1 Å². The molecule has 0 aliphatic heterocycles. The van der Waals surface area contributed by atoms with Crippen molar-refractivity contribution in [2.45, 2.75) is 6.42 Å². The van der Waals surface area contributed by atoms with Gasteiger partial charge in [-0.2, -0.15) is 5.10 Å². The number of nitro benzene ring substituents is 1. The standard InChI is InChI=1S/C23H23N3O5/c1-29-21-6-3-8-23(16-21)31-14-4-13-30-22-7-2-5-18(15-22)17-24-25-19-9-11-20(12-10-19)26(27)28/h2-3,5-12,15-17,25H,4,13-14H2,1H3. The number of nitrogens with zero attached hydrogens (tertiary/aromatic N) is 2. The molecule has 3 rings (SSSR count). The van der Waals surface area contributed by atoms with E-state index < -0.39 is 4.92 Å². The zero-order valence-electron chi connectivity index (χ0n) is 17.1. The zero-order chi connectivity index (χ0) is 21.9. The highest BCUT2D eigenvalue weighted by molar-refractivity contribution is 5.80. The normalized spacial score (nSPS) is 10.6. The van der Waals surface area contributed by atoms with E-state index in [0.29, 0.717) is 18.9 Å². The summed E-state index contributed by atoms with van der Waals surface area (Å²) in [6.45, 7) is 1.05. The molecule has 0 heterocycles. The molecule has 0 atom stereocenters. The van der Waals surface area contributed by atoms with E-state index in [1.165, 1.54) is 12.1 Å². The lowest BCUT2D eigenvalue weighted by Crippen LogP contribution is -2.05. The molecule has 0 spiro atoms. The predicted octanol–water partition coefficient (Wildman–Crippen LogP) is 4.90. The maximum atomic E-state index is 10.7. The molecule has 0 fully saturated rings. The van der Waals surface area contributed by atoms with Gasteiger partial charge < -0.3 is 14.2 Å². The van der Waals surface area contributed by atoms with Crippen LogP contribution in [0.15, 0.2) is 77.9 Å². The van der Waals surface area contributed by atoms with Gasteiger partial charge in [0.15, 0.2) is 0 Å². The molecule has 1 N–H and O–H groups in total. The summed E-state index contributed by atoms with van der Waals surface area (Å²) in [4.78, 5) is 10.2. The fourth-order valence-corrected chi connectivity index (χ4v) is 2.65. The highest BCUT2D eigenvalue weighted by Gasteiger charge is 2.03. The number of nitro groups is 1. The molecular weight excluding hydrogens is 398 g/mol. The third-order valence-corrected chi connectivity index (χ3v) is 4.21. The van der Waals surface area contributed by atoms with Gasteiger partial charge in [0.2, 0.25) is 0 Å². The minimum absolute atomic E-state index is 0.0354. The van der Waals surface area contributed by atoms with E-state index in [9.17, 15) is 10.1 Å². The van der Waals surface area contributed by atoms with Crippen molar-refractivity contribution in [1.82, 2.24) is 0 Å². The molecular formula is C23H23N3O5. The highest BCUT2D eigenvalue weighted by atomic mass is 16.6. The second-order valence-corrected chi connectivity index (χ2v) is 6.48. The molecule has 0 saturated heterocycles. The summed E-state index contributed by atoms with van der Waals surface area (Å²) in [5, 5.41) is 14.8. The summed E-state index contributed by atoms with van der Waals surface area (Å²) >= 11 is 0. The van der Waals surface area contributed by atoms with Crippen molar-refractivity contribution in [2.24, 2.45) is 5.10 Å². The van der Waals surface area contributed by atoms with E-state index in [4.69, 9.17) is 14.2 Å². The van der Waals surface area contributed by atoms with Crippen molar-refractivity contribution in [3.8, 4) is 17.2 Å². The Hall–Kier alpha value is -4.07. The number of ether oxygens (including phenoxy) is 3. The number of methoxy groups -OCH3 is 1. The molecule has 0 aliphatic rings. The largest absolute Gasteiger partial charge is 0.497 e. The van der Waals surface area contributed by atoms with Crippen molar-refractivity contribution in [3.05, 3.63) is 88.5 Å². The third-order valence-electron chi connectivity index (χ3n) is 4.21. The summed E-state index contributed by atoms with van der Waals surface area (Å²) in [7, 11) is 1.62. The van der Waals surface area contributed by atoms with Crippen LogP contribution in [-0.4, -0.2) is 31.5 Å². The van der Waals surface area contributed by atoms with Crippen molar-refractivity contribution < 1.29 is 19.1 Å². The molecule has 0 aromatic heterocycles. The summed E-state index contributed by atoms with van der Waals surface area (Å²) < 4.78 is 16.7. The molecule has 8 nitrogen and oxygen atoms in total.